The number of nitrogens with zero attached hydrogens (tertiary/aromatic N) is 8. The van der Waals surface area contributed by atoms with Crippen LogP contribution in [-0.2, 0) is 6.42 Å². The molecular formula is C30H38N8. The molecule has 0 amide bonds. The van der Waals surface area contributed by atoms with E-state index < -0.39 is 0 Å². The summed E-state index contributed by atoms with van der Waals surface area (Å²) in [5, 5.41) is 0. The van der Waals surface area contributed by atoms with Crippen molar-refractivity contribution in [1.82, 2.24) is 39.9 Å². The highest BCUT2D eigenvalue weighted by Gasteiger charge is 2.15. The average Bonchev–Trinajstić information content (AvgIpc) is 2.95. The molecule has 38 heavy (non-hydrogen) atoms. The number of pyridine rings is 1. The van der Waals surface area contributed by atoms with Crippen LogP contribution in [0.3, 0.4) is 0 Å². The molecule has 8 heteroatoms. The molecule has 198 valence electrons. The van der Waals surface area contributed by atoms with Crippen LogP contribution in [0.25, 0.3) is 34.7 Å². The van der Waals surface area contributed by atoms with E-state index in [0.717, 1.165) is 35.2 Å². The van der Waals surface area contributed by atoms with Crippen molar-refractivity contribution < 1.29 is 0 Å². The normalized spacial score (nSPS) is 11.1. The standard InChI is InChI=1S/C30H38N8/c1-4-5-6-7-8-9-10-11-12-13-14-25-16-15-24(21-31-25)26-36-29(27-32-17-22(2)18-33-27)38-30(37-26)28-34-19-23(3)20-35-28/h15-21H,4-14H2,1-3H3. The molecule has 0 aliphatic heterocycles. The number of unbranched alkanes of at least 4 members (excludes halogenated alkanes) is 9. The molecule has 4 aromatic rings. The second kappa shape index (κ2) is 14.3. The third-order valence-corrected chi connectivity index (χ3v) is 6.47. The van der Waals surface area contributed by atoms with Gasteiger partial charge in [0, 0.05) is 42.2 Å². The minimum absolute atomic E-state index is 0.378. The van der Waals surface area contributed by atoms with Gasteiger partial charge in [0.1, 0.15) is 0 Å². The van der Waals surface area contributed by atoms with Crippen molar-refractivity contribution in [1.29, 1.82) is 0 Å². The lowest BCUT2D eigenvalue weighted by Crippen LogP contribution is -2.04. The van der Waals surface area contributed by atoms with Gasteiger partial charge in [-0.15, -0.1) is 0 Å². The van der Waals surface area contributed by atoms with Gasteiger partial charge in [-0.1, -0.05) is 64.7 Å². The monoisotopic (exact) mass is 510 g/mol. The number of rotatable bonds is 14. The molecule has 0 bridgehead atoms. The maximum Gasteiger partial charge on any atom is 0.201 e. The lowest BCUT2D eigenvalue weighted by atomic mass is 10.0. The summed E-state index contributed by atoms with van der Waals surface area (Å²) in [7, 11) is 0. The summed E-state index contributed by atoms with van der Waals surface area (Å²) in [6.07, 6.45) is 23.1. The summed E-state index contributed by atoms with van der Waals surface area (Å²) >= 11 is 0. The van der Waals surface area contributed by atoms with Gasteiger partial charge in [0.05, 0.1) is 0 Å². The summed E-state index contributed by atoms with van der Waals surface area (Å²) < 4.78 is 0. The third kappa shape index (κ3) is 8.16. The highest BCUT2D eigenvalue weighted by atomic mass is 15.1. The zero-order valence-corrected chi connectivity index (χ0v) is 22.9. The van der Waals surface area contributed by atoms with Crippen molar-refractivity contribution in [2.24, 2.45) is 0 Å². The molecule has 0 aromatic carbocycles. The van der Waals surface area contributed by atoms with Gasteiger partial charge < -0.3 is 0 Å². The zero-order chi connectivity index (χ0) is 26.6. The Hall–Kier alpha value is -3.68. The van der Waals surface area contributed by atoms with Gasteiger partial charge >= 0.3 is 0 Å². The largest absolute Gasteiger partial charge is 0.261 e. The van der Waals surface area contributed by atoms with Crippen LogP contribution in [0.5, 0.6) is 0 Å². The summed E-state index contributed by atoms with van der Waals surface area (Å²) in [6.45, 7) is 6.15. The van der Waals surface area contributed by atoms with Gasteiger partial charge in [-0.2, -0.15) is 0 Å². The Labute approximate surface area is 225 Å². The van der Waals surface area contributed by atoms with Gasteiger partial charge in [-0.05, 0) is 49.9 Å². The molecule has 0 atom stereocenters. The molecule has 0 spiro atoms. The van der Waals surface area contributed by atoms with Gasteiger partial charge in [-0.25, -0.2) is 34.9 Å². The summed E-state index contributed by atoms with van der Waals surface area (Å²) in [5.41, 5.74) is 3.83. The minimum atomic E-state index is 0.378. The van der Waals surface area contributed by atoms with Crippen LogP contribution in [0.2, 0.25) is 0 Å². The van der Waals surface area contributed by atoms with Crippen molar-refractivity contribution in [2.75, 3.05) is 0 Å². The number of aryl methyl sites for hydroxylation is 3. The van der Waals surface area contributed by atoms with E-state index in [1.165, 1.54) is 57.8 Å². The highest BCUT2D eigenvalue weighted by molar-refractivity contribution is 5.60. The molecule has 0 saturated carbocycles. The minimum Gasteiger partial charge on any atom is -0.261 e. The molecular weight excluding hydrogens is 472 g/mol. The molecule has 0 N–H and O–H groups in total. The van der Waals surface area contributed by atoms with E-state index in [1.807, 2.05) is 26.1 Å². The average molecular weight is 511 g/mol. The Morgan fingerprint density at radius 1 is 0.474 bits per heavy atom. The Balaban J connectivity index is 1.40. The third-order valence-electron chi connectivity index (χ3n) is 6.47. The summed E-state index contributed by atoms with van der Waals surface area (Å²) in [6, 6.07) is 4.09. The fraction of sp³-hybridized carbons (Fsp3) is 0.467. The maximum absolute atomic E-state index is 4.70. The lowest BCUT2D eigenvalue weighted by Gasteiger charge is -2.07. The molecule has 0 aliphatic carbocycles. The molecule has 0 aliphatic rings. The Morgan fingerprint density at radius 2 is 0.947 bits per heavy atom. The van der Waals surface area contributed by atoms with Crippen molar-refractivity contribution >= 4 is 0 Å². The highest BCUT2D eigenvalue weighted by Crippen LogP contribution is 2.22. The summed E-state index contributed by atoms with van der Waals surface area (Å²) in [5.74, 6) is 2.11. The Bertz CT molecular complexity index is 1190. The van der Waals surface area contributed by atoms with Crippen molar-refractivity contribution in [3.05, 3.63) is 59.9 Å². The quantitative estimate of drug-likeness (QED) is 0.168. The first-order valence-electron chi connectivity index (χ1n) is 13.9. The molecule has 0 saturated heterocycles. The number of aromatic nitrogens is 8. The molecule has 4 aromatic heterocycles. The first-order valence-corrected chi connectivity index (χ1v) is 13.9. The summed E-state index contributed by atoms with van der Waals surface area (Å²) in [4.78, 5) is 36.2. The van der Waals surface area contributed by atoms with E-state index in [1.54, 1.807) is 24.8 Å². The molecule has 0 fully saturated rings. The van der Waals surface area contributed by atoms with Crippen LogP contribution in [-0.4, -0.2) is 39.9 Å². The second-order valence-electron chi connectivity index (χ2n) is 9.94. The van der Waals surface area contributed by atoms with Crippen LogP contribution >= 0.6 is 0 Å². The molecule has 4 heterocycles. The maximum atomic E-state index is 4.70. The molecule has 8 nitrogen and oxygen atoms in total. The number of hydrogen-bond donors (Lipinski definition) is 0. The van der Waals surface area contributed by atoms with Crippen molar-refractivity contribution in [3.8, 4) is 34.7 Å². The van der Waals surface area contributed by atoms with E-state index in [0.29, 0.717) is 29.1 Å². The van der Waals surface area contributed by atoms with E-state index in [9.17, 15) is 0 Å². The smallest absolute Gasteiger partial charge is 0.201 e. The fourth-order valence-electron chi connectivity index (χ4n) is 4.22. The van der Waals surface area contributed by atoms with E-state index in [2.05, 4.69) is 47.9 Å². The van der Waals surface area contributed by atoms with Crippen molar-refractivity contribution in [2.45, 2.75) is 91.4 Å². The molecule has 0 unspecified atom stereocenters. The van der Waals surface area contributed by atoms with Crippen LogP contribution in [0.15, 0.2) is 43.1 Å². The first-order chi connectivity index (χ1) is 18.6. The topological polar surface area (TPSA) is 103 Å². The van der Waals surface area contributed by atoms with Gasteiger partial charge in [0.15, 0.2) is 17.5 Å². The van der Waals surface area contributed by atoms with E-state index >= 15 is 0 Å². The zero-order valence-electron chi connectivity index (χ0n) is 22.9. The van der Waals surface area contributed by atoms with Gasteiger partial charge in [-0.3, -0.25) is 4.98 Å². The predicted molar refractivity (Wildman–Crippen MR) is 150 cm³/mol. The fourth-order valence-corrected chi connectivity index (χ4v) is 4.22. The SMILES string of the molecule is CCCCCCCCCCCCc1ccc(-c2nc(-c3ncc(C)cn3)nc(-c3ncc(C)cn3)n2)cn1. The predicted octanol–water partition coefficient (Wildman–Crippen LogP) is 6.93. The van der Waals surface area contributed by atoms with Gasteiger partial charge in [0.2, 0.25) is 11.6 Å². The van der Waals surface area contributed by atoms with Crippen LogP contribution in [0.4, 0.5) is 0 Å². The molecule has 4 rings (SSSR count). The number of hydrogen-bond acceptors (Lipinski definition) is 8. The Kier molecular flexibility index (Phi) is 10.3. The van der Waals surface area contributed by atoms with Crippen LogP contribution < -0.4 is 0 Å². The molecule has 0 radical (unpaired) electrons. The first kappa shape index (κ1) is 27.4. The lowest BCUT2D eigenvalue weighted by molar-refractivity contribution is 0.555. The van der Waals surface area contributed by atoms with Crippen molar-refractivity contribution in [3.63, 3.8) is 0 Å². The van der Waals surface area contributed by atoms with Crippen LogP contribution in [0, 0.1) is 13.8 Å². The van der Waals surface area contributed by atoms with E-state index in [-0.39, 0.29) is 0 Å². The second-order valence-corrected chi connectivity index (χ2v) is 9.94. The Morgan fingerprint density at radius 3 is 1.42 bits per heavy atom. The van der Waals surface area contributed by atoms with E-state index in [4.69, 9.17) is 4.98 Å². The van der Waals surface area contributed by atoms with Crippen LogP contribution in [0.1, 0.15) is 88.0 Å². The van der Waals surface area contributed by atoms with Gasteiger partial charge in [0.25, 0.3) is 0 Å².